The summed E-state index contributed by atoms with van der Waals surface area (Å²) in [5.41, 5.74) is -0.454. The van der Waals surface area contributed by atoms with Crippen molar-refractivity contribution in [3.8, 4) is 0 Å². The smallest absolute Gasteiger partial charge is 0.410 e. The maximum absolute atomic E-state index is 12.0. The normalized spacial score (nSPS) is 19.3. The van der Waals surface area contributed by atoms with Gasteiger partial charge in [-0.15, -0.1) is 5.10 Å². The zero-order valence-corrected chi connectivity index (χ0v) is 14.1. The zero-order chi connectivity index (χ0) is 15.6. The molecule has 0 bridgehead atoms. The predicted octanol–water partition coefficient (Wildman–Crippen LogP) is 2.36. The topological polar surface area (TPSA) is 73.1 Å². The molecule has 2 rings (SSSR count). The lowest BCUT2D eigenvalue weighted by molar-refractivity contribution is 0.0295. The molecule has 1 amide bonds. The van der Waals surface area contributed by atoms with Crippen LogP contribution in [0.1, 0.15) is 47.1 Å². The van der Waals surface area contributed by atoms with Crippen molar-refractivity contribution in [2.24, 2.45) is 0 Å². The molecule has 1 aromatic heterocycles. The summed E-state index contributed by atoms with van der Waals surface area (Å²) < 4.78 is 7.21. The fourth-order valence-corrected chi connectivity index (χ4v) is 3.27. The van der Waals surface area contributed by atoms with E-state index in [4.69, 9.17) is 4.74 Å². The van der Waals surface area contributed by atoms with E-state index in [0.717, 1.165) is 18.1 Å². The van der Waals surface area contributed by atoms with Gasteiger partial charge in [0.2, 0.25) is 5.16 Å². The van der Waals surface area contributed by atoms with Gasteiger partial charge in [0.15, 0.2) is 0 Å². The summed E-state index contributed by atoms with van der Waals surface area (Å²) in [6.45, 7) is 11.1. The van der Waals surface area contributed by atoms with E-state index >= 15 is 0 Å². The van der Waals surface area contributed by atoms with E-state index in [1.54, 1.807) is 21.3 Å². The number of aromatic nitrogens is 4. The number of rotatable bonds is 3. The largest absolute Gasteiger partial charge is 0.444 e. The number of likely N-dealkylation sites (tertiary alicyclic amines) is 1. The molecule has 1 unspecified atom stereocenters. The van der Waals surface area contributed by atoms with Gasteiger partial charge < -0.3 is 9.64 Å². The van der Waals surface area contributed by atoms with Gasteiger partial charge in [-0.3, -0.25) is 0 Å². The highest BCUT2D eigenvalue weighted by Crippen LogP contribution is 2.29. The van der Waals surface area contributed by atoms with Crippen molar-refractivity contribution in [2.75, 3.05) is 13.1 Å². The second kappa shape index (κ2) is 6.21. The summed E-state index contributed by atoms with van der Waals surface area (Å²) in [5, 5.41) is 12.9. The van der Waals surface area contributed by atoms with Crippen LogP contribution < -0.4 is 0 Å². The third-order valence-electron chi connectivity index (χ3n) is 3.02. The molecule has 7 nitrogen and oxygen atoms in total. The van der Waals surface area contributed by atoms with Crippen LogP contribution in [0.3, 0.4) is 0 Å². The van der Waals surface area contributed by atoms with Gasteiger partial charge in [-0.25, -0.2) is 9.48 Å². The highest BCUT2D eigenvalue weighted by atomic mass is 32.2. The Balaban J connectivity index is 1.91. The van der Waals surface area contributed by atoms with Crippen LogP contribution in [0.4, 0.5) is 4.79 Å². The number of hydrogen-bond acceptors (Lipinski definition) is 6. The molecule has 0 radical (unpaired) electrons. The van der Waals surface area contributed by atoms with Gasteiger partial charge in [-0.1, -0.05) is 11.8 Å². The number of carbonyl (C=O) groups excluding carboxylic acids is 1. The number of tetrazole rings is 1. The Bertz CT molecular complexity index is 497. The minimum absolute atomic E-state index is 0.228. The molecule has 1 atom stereocenters. The van der Waals surface area contributed by atoms with Crippen LogP contribution in [0.2, 0.25) is 0 Å². The molecule has 0 N–H and O–H groups in total. The summed E-state index contributed by atoms with van der Waals surface area (Å²) in [4.78, 5) is 13.8. The quantitative estimate of drug-likeness (QED) is 0.853. The van der Waals surface area contributed by atoms with Crippen LogP contribution in [0.15, 0.2) is 5.16 Å². The number of carbonyl (C=O) groups is 1. The van der Waals surface area contributed by atoms with Crippen LogP contribution in [0.25, 0.3) is 0 Å². The highest BCUT2D eigenvalue weighted by Gasteiger charge is 2.31. The van der Waals surface area contributed by atoms with Crippen LogP contribution in [0.5, 0.6) is 0 Å². The Kier molecular flexibility index (Phi) is 4.75. The van der Waals surface area contributed by atoms with Gasteiger partial charge in [-0.05, 0) is 51.5 Å². The zero-order valence-electron chi connectivity index (χ0n) is 13.2. The number of hydrogen-bond donors (Lipinski definition) is 0. The molecule has 8 heteroatoms. The fourth-order valence-electron chi connectivity index (χ4n) is 2.05. The third kappa shape index (κ3) is 4.33. The SMILES string of the molecule is CC(C)n1nnnc1SC1CCN(C(=O)OC(C)(C)C)C1. The first kappa shape index (κ1) is 16.1. The average molecular weight is 313 g/mol. The lowest BCUT2D eigenvalue weighted by atomic mass is 10.2. The maximum Gasteiger partial charge on any atom is 0.410 e. The first-order valence-corrected chi connectivity index (χ1v) is 8.06. The first-order chi connectivity index (χ1) is 9.76. The molecule has 0 saturated carbocycles. The molecule has 1 aromatic rings. The lowest BCUT2D eigenvalue weighted by Crippen LogP contribution is -2.35. The molecule has 0 aliphatic carbocycles. The summed E-state index contributed by atoms with van der Waals surface area (Å²) in [5.74, 6) is 0. The van der Waals surface area contributed by atoms with Crippen molar-refractivity contribution in [1.29, 1.82) is 0 Å². The molecule has 1 aliphatic rings. The van der Waals surface area contributed by atoms with E-state index in [2.05, 4.69) is 15.5 Å². The van der Waals surface area contributed by atoms with Crippen molar-refractivity contribution in [3.05, 3.63) is 0 Å². The molecule has 1 aliphatic heterocycles. The monoisotopic (exact) mass is 313 g/mol. The van der Waals surface area contributed by atoms with E-state index in [9.17, 15) is 4.79 Å². The van der Waals surface area contributed by atoms with Crippen molar-refractivity contribution in [2.45, 2.75) is 63.1 Å². The highest BCUT2D eigenvalue weighted by molar-refractivity contribution is 7.99. The van der Waals surface area contributed by atoms with Crippen molar-refractivity contribution < 1.29 is 9.53 Å². The average Bonchev–Trinajstić information content (AvgIpc) is 2.96. The molecular formula is C13H23N5O2S. The molecular weight excluding hydrogens is 290 g/mol. The van der Waals surface area contributed by atoms with Gasteiger partial charge >= 0.3 is 6.09 Å². The Hall–Kier alpha value is -1.31. The first-order valence-electron chi connectivity index (χ1n) is 7.18. The maximum atomic E-state index is 12.0. The van der Waals surface area contributed by atoms with Gasteiger partial charge in [-0.2, -0.15) is 0 Å². The van der Waals surface area contributed by atoms with Crippen LogP contribution in [-0.2, 0) is 4.74 Å². The molecule has 2 heterocycles. The summed E-state index contributed by atoms with van der Waals surface area (Å²) in [7, 11) is 0. The summed E-state index contributed by atoms with van der Waals surface area (Å²) in [6.07, 6.45) is 0.684. The molecule has 1 saturated heterocycles. The second-order valence-electron chi connectivity index (χ2n) is 6.45. The van der Waals surface area contributed by atoms with E-state index < -0.39 is 5.60 Å². The van der Waals surface area contributed by atoms with Crippen molar-refractivity contribution in [3.63, 3.8) is 0 Å². The summed E-state index contributed by atoms with van der Waals surface area (Å²) in [6, 6.07) is 0.228. The van der Waals surface area contributed by atoms with Crippen LogP contribution in [-0.4, -0.2) is 55.1 Å². The second-order valence-corrected chi connectivity index (χ2v) is 7.72. The molecule has 0 aromatic carbocycles. The molecule has 118 valence electrons. The number of ether oxygens (including phenoxy) is 1. The van der Waals surface area contributed by atoms with Crippen LogP contribution >= 0.6 is 11.8 Å². The minimum atomic E-state index is -0.454. The van der Waals surface area contributed by atoms with E-state index in [-0.39, 0.29) is 12.1 Å². The molecule has 1 fully saturated rings. The number of nitrogens with zero attached hydrogens (tertiary/aromatic N) is 5. The fraction of sp³-hybridized carbons (Fsp3) is 0.846. The van der Waals surface area contributed by atoms with Gasteiger partial charge in [0.1, 0.15) is 5.60 Å². The van der Waals surface area contributed by atoms with E-state index in [0.29, 0.717) is 11.8 Å². The van der Waals surface area contributed by atoms with Crippen molar-refractivity contribution >= 4 is 17.9 Å². The Morgan fingerprint density at radius 3 is 2.76 bits per heavy atom. The van der Waals surface area contributed by atoms with Gasteiger partial charge in [0.05, 0.1) is 6.04 Å². The number of thioether (sulfide) groups is 1. The van der Waals surface area contributed by atoms with Crippen LogP contribution in [0, 0.1) is 0 Å². The standard InChI is InChI=1S/C13H23N5O2S/c1-9(2)18-11(14-15-16-18)21-10-6-7-17(8-10)12(19)20-13(3,4)5/h9-10H,6-8H2,1-5H3. The summed E-state index contributed by atoms with van der Waals surface area (Å²) >= 11 is 1.63. The van der Waals surface area contributed by atoms with Crippen molar-refractivity contribution in [1.82, 2.24) is 25.1 Å². The number of amides is 1. The Morgan fingerprint density at radius 2 is 2.14 bits per heavy atom. The van der Waals surface area contributed by atoms with E-state index in [1.807, 2.05) is 34.6 Å². The lowest BCUT2D eigenvalue weighted by Gasteiger charge is -2.24. The molecule has 21 heavy (non-hydrogen) atoms. The van der Waals surface area contributed by atoms with E-state index in [1.165, 1.54) is 0 Å². The molecule has 0 spiro atoms. The third-order valence-corrected chi connectivity index (χ3v) is 4.22. The van der Waals surface area contributed by atoms with Gasteiger partial charge in [0, 0.05) is 18.3 Å². The van der Waals surface area contributed by atoms with Gasteiger partial charge in [0.25, 0.3) is 0 Å². The Morgan fingerprint density at radius 1 is 1.43 bits per heavy atom. The minimum Gasteiger partial charge on any atom is -0.444 e. The Labute approximate surface area is 129 Å². The predicted molar refractivity (Wildman–Crippen MR) is 80.3 cm³/mol.